The highest BCUT2D eigenvalue weighted by atomic mass is 79.9. The summed E-state index contributed by atoms with van der Waals surface area (Å²) in [5.41, 5.74) is 1.32. The van der Waals surface area contributed by atoms with Crippen molar-refractivity contribution in [1.29, 1.82) is 0 Å². The van der Waals surface area contributed by atoms with Crippen LogP contribution in [-0.4, -0.2) is 32.4 Å². The van der Waals surface area contributed by atoms with Crippen LogP contribution < -0.4 is 9.47 Å². The Kier molecular flexibility index (Phi) is 6.44. The Morgan fingerprint density at radius 2 is 1.93 bits per heavy atom. The van der Waals surface area contributed by atoms with Gasteiger partial charge in [0.25, 0.3) is 0 Å². The monoisotopic (exact) mass is 282 g/mol. The lowest BCUT2D eigenvalue weighted by Gasteiger charge is -2.09. The summed E-state index contributed by atoms with van der Waals surface area (Å²) in [6.45, 7) is 0. The summed E-state index contributed by atoms with van der Waals surface area (Å²) in [6.07, 6.45) is 2.38. The van der Waals surface area contributed by atoms with Gasteiger partial charge in [-0.3, -0.25) is 0 Å². The summed E-state index contributed by atoms with van der Waals surface area (Å²) in [4.78, 5) is 0. The SMILES string of the molecule is COc1ccc(CC[CH2][Mg][Br])cc1OC. The van der Waals surface area contributed by atoms with E-state index in [4.69, 9.17) is 9.47 Å². The van der Waals surface area contributed by atoms with Gasteiger partial charge < -0.3 is 22.4 Å². The lowest BCUT2D eigenvalue weighted by molar-refractivity contribution is 0.354. The van der Waals surface area contributed by atoms with Gasteiger partial charge >= 0.3 is 18.2 Å². The van der Waals surface area contributed by atoms with Gasteiger partial charge in [-0.1, -0.05) is 12.5 Å². The first-order chi connectivity index (χ1) is 7.31. The fourth-order valence-corrected chi connectivity index (χ4v) is 3.09. The molecule has 2 nitrogen and oxygen atoms in total. The molecule has 1 aromatic carbocycles. The van der Waals surface area contributed by atoms with Crippen LogP contribution >= 0.6 is 12.9 Å². The highest BCUT2D eigenvalue weighted by molar-refractivity contribution is 9.23. The molecule has 0 bridgehead atoms. The predicted molar refractivity (Wildman–Crippen MR) is 67.4 cm³/mol. The average molecular weight is 283 g/mol. The molecule has 0 aliphatic carbocycles. The molecule has 1 aromatic rings. The predicted octanol–water partition coefficient (Wildman–Crippen LogP) is 3.07. The standard InChI is InChI=1S/C11H15O2.BrH.Mg/c1-4-5-9-6-7-10(12-2)11(8-9)13-3;;/h6-8H,1,4-5H2,2-3H3;1H;/q;;+1/p-1. The number of ether oxygens (including phenoxy) is 2. The molecule has 0 unspecified atom stereocenters. The second kappa shape index (κ2) is 7.36. The Labute approximate surface area is 107 Å². The first-order valence-electron chi connectivity index (χ1n) is 5.08. The summed E-state index contributed by atoms with van der Waals surface area (Å²) in [5, 5.41) is 0. The molecule has 0 aromatic heterocycles. The molecule has 0 fully saturated rings. The molecule has 4 heteroatoms. The van der Waals surface area contributed by atoms with E-state index in [1.807, 2.05) is 6.07 Å². The molecule has 0 radical (unpaired) electrons. The van der Waals surface area contributed by atoms with Crippen molar-refractivity contribution in [3.05, 3.63) is 23.8 Å². The molecular weight excluding hydrogens is 268 g/mol. The quantitative estimate of drug-likeness (QED) is 0.590. The molecule has 0 aliphatic heterocycles. The van der Waals surface area contributed by atoms with Crippen LogP contribution in [0.5, 0.6) is 11.5 Å². The zero-order chi connectivity index (χ0) is 11.1. The van der Waals surface area contributed by atoms with E-state index in [9.17, 15) is 0 Å². The lowest BCUT2D eigenvalue weighted by atomic mass is 10.1. The average Bonchev–Trinajstić information content (AvgIpc) is 2.29. The molecule has 1 rings (SSSR count). The minimum Gasteiger partial charge on any atom is -0.493 e. The largest absolute Gasteiger partial charge is 0.493 e. The summed E-state index contributed by atoms with van der Waals surface area (Å²) >= 11 is 3.60. The van der Waals surface area contributed by atoms with Crippen molar-refractivity contribution < 1.29 is 9.47 Å². The Morgan fingerprint density at radius 3 is 2.53 bits per heavy atom. The van der Waals surface area contributed by atoms with Crippen molar-refractivity contribution >= 4 is 31.1 Å². The molecule has 0 aliphatic rings. The molecule has 0 saturated carbocycles. The Morgan fingerprint density at radius 1 is 1.20 bits per heavy atom. The summed E-state index contributed by atoms with van der Waals surface area (Å²) < 4.78 is 11.8. The van der Waals surface area contributed by atoms with E-state index in [0.717, 1.165) is 17.9 Å². The fourth-order valence-electron chi connectivity index (χ4n) is 1.46. The smallest absolute Gasteiger partial charge is 0.468 e. The maximum absolute atomic E-state index is 5.26. The third-order valence-corrected chi connectivity index (χ3v) is 4.75. The maximum Gasteiger partial charge on any atom is 0.468 e. The van der Waals surface area contributed by atoms with Crippen LogP contribution in [0.3, 0.4) is 0 Å². The zero-order valence-electron chi connectivity index (χ0n) is 9.25. The third kappa shape index (κ3) is 4.21. The van der Waals surface area contributed by atoms with Crippen molar-refractivity contribution in [3.63, 3.8) is 0 Å². The second-order valence-electron chi connectivity index (χ2n) is 3.34. The third-order valence-electron chi connectivity index (χ3n) is 2.30. The van der Waals surface area contributed by atoms with Gasteiger partial charge in [0.15, 0.2) is 11.5 Å². The van der Waals surface area contributed by atoms with Gasteiger partial charge in [0.2, 0.25) is 0 Å². The number of rotatable bonds is 6. The molecule has 0 spiro atoms. The number of benzene rings is 1. The number of halogens is 1. The highest BCUT2D eigenvalue weighted by Gasteiger charge is 2.04. The Bertz CT molecular complexity index is 305. The molecular formula is C11H15BrMgO2. The van der Waals surface area contributed by atoms with Gasteiger partial charge in [0, 0.05) is 0 Å². The Balaban J connectivity index is 2.66. The first-order valence-corrected chi connectivity index (χ1v) is 9.98. The van der Waals surface area contributed by atoms with Crippen molar-refractivity contribution in [2.45, 2.75) is 17.4 Å². The second-order valence-corrected chi connectivity index (χ2v) is 6.80. The van der Waals surface area contributed by atoms with E-state index >= 15 is 0 Å². The van der Waals surface area contributed by atoms with Crippen LogP contribution in [0.15, 0.2) is 18.2 Å². The van der Waals surface area contributed by atoms with Crippen LogP contribution in [0.4, 0.5) is 0 Å². The van der Waals surface area contributed by atoms with E-state index in [0.29, 0.717) is 0 Å². The molecule has 0 atom stereocenters. The molecule has 0 heterocycles. The summed E-state index contributed by atoms with van der Waals surface area (Å²) in [6, 6.07) is 6.14. The molecule has 0 saturated heterocycles. The van der Waals surface area contributed by atoms with E-state index in [1.165, 1.54) is 16.5 Å². The van der Waals surface area contributed by atoms with Gasteiger partial charge in [-0.25, -0.2) is 0 Å². The van der Waals surface area contributed by atoms with Crippen molar-refractivity contribution in [1.82, 2.24) is 0 Å². The van der Waals surface area contributed by atoms with E-state index in [-0.39, 0.29) is 18.2 Å². The van der Waals surface area contributed by atoms with E-state index in [1.54, 1.807) is 14.2 Å². The first kappa shape index (κ1) is 13.1. The van der Waals surface area contributed by atoms with Crippen LogP contribution in [0.2, 0.25) is 4.55 Å². The normalized spacial score (nSPS) is 9.53. The fraction of sp³-hybridized carbons (Fsp3) is 0.455. The number of methoxy groups -OCH3 is 2. The summed E-state index contributed by atoms with van der Waals surface area (Å²) in [5.74, 6) is 1.63. The molecule has 80 valence electrons. The van der Waals surface area contributed by atoms with Crippen molar-refractivity contribution in [2.24, 2.45) is 0 Å². The van der Waals surface area contributed by atoms with Gasteiger partial charge in [0.05, 0.1) is 14.2 Å². The van der Waals surface area contributed by atoms with Gasteiger partial charge in [0.1, 0.15) is 0 Å². The van der Waals surface area contributed by atoms with E-state index in [2.05, 4.69) is 25.0 Å². The van der Waals surface area contributed by atoms with Crippen LogP contribution in [0.25, 0.3) is 0 Å². The van der Waals surface area contributed by atoms with Crippen molar-refractivity contribution in [3.8, 4) is 11.5 Å². The van der Waals surface area contributed by atoms with Crippen LogP contribution in [0.1, 0.15) is 12.0 Å². The molecule has 0 N–H and O–H groups in total. The lowest BCUT2D eigenvalue weighted by Crippen LogP contribution is -1.93. The number of hydrogen-bond donors (Lipinski definition) is 0. The van der Waals surface area contributed by atoms with Gasteiger partial charge in [-0.05, 0) is 24.1 Å². The van der Waals surface area contributed by atoms with E-state index < -0.39 is 0 Å². The molecule has 15 heavy (non-hydrogen) atoms. The van der Waals surface area contributed by atoms with Crippen LogP contribution in [-0.2, 0) is 6.42 Å². The molecule has 0 amide bonds. The topological polar surface area (TPSA) is 18.5 Å². The number of hydrogen-bond acceptors (Lipinski definition) is 2. The highest BCUT2D eigenvalue weighted by Crippen LogP contribution is 2.28. The van der Waals surface area contributed by atoms with Crippen LogP contribution in [0, 0.1) is 0 Å². The van der Waals surface area contributed by atoms with Crippen molar-refractivity contribution in [2.75, 3.05) is 14.2 Å². The zero-order valence-corrected chi connectivity index (χ0v) is 12.3. The minimum atomic E-state index is 0.0276. The van der Waals surface area contributed by atoms with Gasteiger partial charge in [-0.15, -0.1) is 4.55 Å². The number of aryl methyl sites for hydroxylation is 1. The summed E-state index contributed by atoms with van der Waals surface area (Å²) in [7, 11) is 3.33. The maximum atomic E-state index is 5.26. The minimum absolute atomic E-state index is 0.0276. The Hall–Kier alpha value is 0.0662. The van der Waals surface area contributed by atoms with Gasteiger partial charge in [-0.2, -0.15) is 0 Å².